The molecule has 1 heterocycles. The third-order valence-electron chi connectivity index (χ3n) is 4.11. The Bertz CT molecular complexity index is 841. The molecule has 0 fully saturated rings. The summed E-state index contributed by atoms with van der Waals surface area (Å²) in [6, 6.07) is 15.8. The first-order chi connectivity index (χ1) is 12.1. The summed E-state index contributed by atoms with van der Waals surface area (Å²) in [5, 5.41) is 0. The van der Waals surface area contributed by atoms with E-state index in [1.165, 1.54) is 0 Å². The van der Waals surface area contributed by atoms with Gasteiger partial charge in [-0.25, -0.2) is 4.98 Å². The Hall–Kier alpha value is -2.88. The van der Waals surface area contributed by atoms with Crippen LogP contribution in [0.4, 0.5) is 0 Å². The van der Waals surface area contributed by atoms with Crippen molar-refractivity contribution in [3.8, 4) is 34.0 Å². The number of rotatable bonds is 5. The first-order valence-electron chi connectivity index (χ1n) is 8.28. The quantitative estimate of drug-likeness (QED) is 0.662. The van der Waals surface area contributed by atoms with E-state index >= 15 is 0 Å². The molecule has 0 spiro atoms. The Morgan fingerprint density at radius 2 is 1.20 bits per heavy atom. The summed E-state index contributed by atoms with van der Waals surface area (Å²) >= 11 is 0. The molecule has 0 N–H and O–H groups in total. The van der Waals surface area contributed by atoms with Gasteiger partial charge in [0.05, 0.1) is 31.3 Å². The highest BCUT2D eigenvalue weighted by molar-refractivity contribution is 5.78. The van der Waals surface area contributed by atoms with E-state index in [2.05, 4.69) is 13.8 Å². The minimum absolute atomic E-state index is 0.314. The van der Waals surface area contributed by atoms with Crippen molar-refractivity contribution >= 4 is 0 Å². The van der Waals surface area contributed by atoms with E-state index in [0.29, 0.717) is 5.92 Å². The first kappa shape index (κ1) is 17.0. The van der Waals surface area contributed by atoms with Crippen LogP contribution >= 0.6 is 0 Å². The molecule has 0 aliphatic rings. The largest absolute Gasteiger partial charge is 0.497 e. The number of ether oxygens (including phenoxy) is 2. The van der Waals surface area contributed by atoms with E-state index in [0.717, 1.165) is 39.7 Å². The van der Waals surface area contributed by atoms with E-state index < -0.39 is 0 Å². The van der Waals surface area contributed by atoms with E-state index in [9.17, 15) is 0 Å². The summed E-state index contributed by atoms with van der Waals surface area (Å²) in [7, 11) is 3.33. The second-order valence-corrected chi connectivity index (χ2v) is 6.10. The summed E-state index contributed by atoms with van der Waals surface area (Å²) < 4.78 is 10.5. The minimum atomic E-state index is 0.314. The van der Waals surface area contributed by atoms with Gasteiger partial charge in [-0.05, 0) is 54.4 Å². The van der Waals surface area contributed by atoms with Crippen molar-refractivity contribution < 1.29 is 9.47 Å². The Balaban J connectivity index is 2.12. The Labute approximate surface area is 148 Å². The summed E-state index contributed by atoms with van der Waals surface area (Å²) in [4.78, 5) is 9.59. The molecule has 0 saturated carbocycles. The van der Waals surface area contributed by atoms with E-state index in [1.807, 2.05) is 54.7 Å². The standard InChI is InChI=1S/C21H22N2O2/c1-14(2)19-13-22-20(15-5-9-17(24-3)10-6-15)21(23-19)16-7-11-18(25-4)12-8-16/h5-14H,1-4H3. The third-order valence-corrected chi connectivity index (χ3v) is 4.11. The van der Waals surface area contributed by atoms with Gasteiger partial charge in [0.1, 0.15) is 11.5 Å². The molecule has 0 amide bonds. The van der Waals surface area contributed by atoms with Crippen LogP contribution in [-0.2, 0) is 0 Å². The van der Waals surface area contributed by atoms with E-state index in [-0.39, 0.29) is 0 Å². The van der Waals surface area contributed by atoms with Crippen LogP contribution < -0.4 is 9.47 Å². The van der Waals surface area contributed by atoms with Crippen LogP contribution in [0.3, 0.4) is 0 Å². The van der Waals surface area contributed by atoms with Crippen LogP contribution in [0.2, 0.25) is 0 Å². The monoisotopic (exact) mass is 334 g/mol. The van der Waals surface area contributed by atoms with Gasteiger partial charge >= 0.3 is 0 Å². The molecule has 4 heteroatoms. The number of hydrogen-bond donors (Lipinski definition) is 0. The van der Waals surface area contributed by atoms with Gasteiger partial charge in [0.25, 0.3) is 0 Å². The Morgan fingerprint density at radius 1 is 0.720 bits per heavy atom. The molecule has 0 bridgehead atoms. The summed E-state index contributed by atoms with van der Waals surface area (Å²) in [6.45, 7) is 4.24. The Morgan fingerprint density at radius 3 is 1.64 bits per heavy atom. The number of aromatic nitrogens is 2. The van der Waals surface area contributed by atoms with Gasteiger partial charge in [-0.15, -0.1) is 0 Å². The fraction of sp³-hybridized carbons (Fsp3) is 0.238. The predicted molar refractivity (Wildman–Crippen MR) is 100 cm³/mol. The van der Waals surface area contributed by atoms with Crippen molar-refractivity contribution in [1.29, 1.82) is 0 Å². The molecule has 0 atom stereocenters. The molecule has 1 aromatic heterocycles. The fourth-order valence-corrected chi connectivity index (χ4v) is 2.59. The molecule has 3 aromatic rings. The summed E-state index contributed by atoms with van der Waals surface area (Å²) in [5.74, 6) is 1.96. The maximum atomic E-state index is 5.26. The fourth-order valence-electron chi connectivity index (χ4n) is 2.59. The normalized spacial score (nSPS) is 10.8. The van der Waals surface area contributed by atoms with Gasteiger partial charge < -0.3 is 9.47 Å². The second-order valence-electron chi connectivity index (χ2n) is 6.10. The zero-order valence-corrected chi connectivity index (χ0v) is 15.0. The molecule has 0 aliphatic carbocycles. The highest BCUT2D eigenvalue weighted by Crippen LogP contribution is 2.32. The Kier molecular flexibility index (Phi) is 4.98. The molecule has 0 unspecified atom stereocenters. The van der Waals surface area contributed by atoms with Crippen molar-refractivity contribution in [3.63, 3.8) is 0 Å². The van der Waals surface area contributed by atoms with Gasteiger partial charge in [-0.3, -0.25) is 4.98 Å². The molecular formula is C21H22N2O2. The predicted octanol–water partition coefficient (Wildman–Crippen LogP) is 4.95. The summed E-state index contributed by atoms with van der Waals surface area (Å²) in [6.07, 6.45) is 1.86. The van der Waals surface area contributed by atoms with Crippen molar-refractivity contribution in [3.05, 3.63) is 60.4 Å². The molecule has 3 rings (SSSR count). The van der Waals surface area contributed by atoms with Crippen molar-refractivity contribution in [2.75, 3.05) is 14.2 Å². The number of methoxy groups -OCH3 is 2. The number of benzene rings is 2. The van der Waals surface area contributed by atoms with Crippen LogP contribution in [-0.4, -0.2) is 24.2 Å². The lowest BCUT2D eigenvalue weighted by Gasteiger charge is -2.13. The van der Waals surface area contributed by atoms with Gasteiger partial charge in [0.2, 0.25) is 0 Å². The number of nitrogens with zero attached hydrogens (tertiary/aromatic N) is 2. The SMILES string of the molecule is COc1ccc(-c2ncc(C(C)C)nc2-c2ccc(OC)cc2)cc1. The van der Waals surface area contributed by atoms with Crippen LogP contribution in [0, 0.1) is 0 Å². The van der Waals surface area contributed by atoms with Gasteiger partial charge in [-0.1, -0.05) is 13.8 Å². The molecule has 2 aromatic carbocycles. The minimum Gasteiger partial charge on any atom is -0.497 e. The molecular weight excluding hydrogens is 312 g/mol. The lowest BCUT2D eigenvalue weighted by molar-refractivity contribution is 0.414. The third kappa shape index (κ3) is 3.63. The van der Waals surface area contributed by atoms with Crippen LogP contribution in [0.5, 0.6) is 11.5 Å². The van der Waals surface area contributed by atoms with Crippen LogP contribution in [0.15, 0.2) is 54.7 Å². The van der Waals surface area contributed by atoms with Gasteiger partial charge in [0, 0.05) is 17.3 Å². The van der Waals surface area contributed by atoms with Crippen LogP contribution in [0.1, 0.15) is 25.5 Å². The zero-order valence-electron chi connectivity index (χ0n) is 15.0. The van der Waals surface area contributed by atoms with E-state index in [1.54, 1.807) is 14.2 Å². The van der Waals surface area contributed by atoms with Crippen molar-refractivity contribution in [1.82, 2.24) is 9.97 Å². The van der Waals surface area contributed by atoms with Crippen molar-refractivity contribution in [2.45, 2.75) is 19.8 Å². The number of hydrogen-bond acceptors (Lipinski definition) is 4. The molecule has 128 valence electrons. The van der Waals surface area contributed by atoms with Crippen LogP contribution in [0.25, 0.3) is 22.5 Å². The topological polar surface area (TPSA) is 44.2 Å². The second kappa shape index (κ2) is 7.34. The zero-order chi connectivity index (χ0) is 17.8. The molecule has 0 aliphatic heterocycles. The molecule has 25 heavy (non-hydrogen) atoms. The lowest BCUT2D eigenvalue weighted by Crippen LogP contribution is -2.00. The molecule has 0 saturated heterocycles. The lowest BCUT2D eigenvalue weighted by atomic mass is 10.0. The maximum absolute atomic E-state index is 5.26. The molecule has 4 nitrogen and oxygen atoms in total. The smallest absolute Gasteiger partial charge is 0.118 e. The van der Waals surface area contributed by atoms with Gasteiger partial charge in [-0.2, -0.15) is 0 Å². The highest BCUT2D eigenvalue weighted by atomic mass is 16.5. The van der Waals surface area contributed by atoms with Crippen molar-refractivity contribution in [2.24, 2.45) is 0 Å². The first-order valence-corrected chi connectivity index (χ1v) is 8.28. The highest BCUT2D eigenvalue weighted by Gasteiger charge is 2.14. The maximum Gasteiger partial charge on any atom is 0.118 e. The summed E-state index contributed by atoms with van der Waals surface area (Å²) in [5.41, 5.74) is 4.73. The van der Waals surface area contributed by atoms with E-state index in [4.69, 9.17) is 19.4 Å². The average molecular weight is 334 g/mol. The average Bonchev–Trinajstić information content (AvgIpc) is 2.67. The van der Waals surface area contributed by atoms with Gasteiger partial charge in [0.15, 0.2) is 0 Å². The molecule has 0 radical (unpaired) electrons.